The molecule has 5 heteroatoms. The first-order chi connectivity index (χ1) is 11.9. The van der Waals surface area contributed by atoms with Crippen LogP contribution in [0.15, 0.2) is 75.9 Å². The normalized spacial score (nSPS) is 12.0. The average Bonchev–Trinajstić information content (AvgIpc) is 2.60. The van der Waals surface area contributed by atoms with Crippen molar-refractivity contribution in [3.05, 3.63) is 82.5 Å². The fraction of sp³-hybridized carbons (Fsp3) is 0.0500. The van der Waals surface area contributed by atoms with Gasteiger partial charge in [0.1, 0.15) is 11.3 Å². The number of rotatable bonds is 1. The van der Waals surface area contributed by atoms with Gasteiger partial charge in [0.05, 0.1) is 10.9 Å². The summed E-state index contributed by atoms with van der Waals surface area (Å²) < 4.78 is 45.6. The molecule has 0 saturated heterocycles. The van der Waals surface area contributed by atoms with E-state index in [4.69, 9.17) is 4.42 Å². The quantitative estimate of drug-likeness (QED) is 0.420. The highest BCUT2D eigenvalue weighted by Gasteiger charge is 2.34. The van der Waals surface area contributed by atoms with Crippen LogP contribution in [-0.4, -0.2) is 0 Å². The second kappa shape index (κ2) is 5.48. The number of fused-ring (bicyclic) bond motifs is 3. The van der Waals surface area contributed by atoms with Gasteiger partial charge in [-0.25, -0.2) is 0 Å². The minimum Gasteiger partial charge on any atom is -0.455 e. The zero-order valence-corrected chi connectivity index (χ0v) is 12.8. The molecule has 0 aliphatic rings. The molecule has 4 rings (SSSR count). The van der Waals surface area contributed by atoms with Gasteiger partial charge in [0.2, 0.25) is 0 Å². The van der Waals surface area contributed by atoms with E-state index in [0.29, 0.717) is 10.8 Å². The number of halogens is 3. The Morgan fingerprint density at radius 2 is 1.52 bits per heavy atom. The molecule has 124 valence electrons. The Morgan fingerprint density at radius 1 is 0.800 bits per heavy atom. The Bertz CT molecular complexity index is 1160. The van der Waals surface area contributed by atoms with Crippen molar-refractivity contribution in [2.45, 2.75) is 6.18 Å². The number of benzene rings is 3. The van der Waals surface area contributed by atoms with Crippen molar-refractivity contribution in [1.82, 2.24) is 0 Å². The monoisotopic (exact) mass is 340 g/mol. The van der Waals surface area contributed by atoms with E-state index in [0.717, 1.165) is 17.5 Å². The minimum absolute atomic E-state index is 0.0956. The van der Waals surface area contributed by atoms with Crippen molar-refractivity contribution in [2.75, 3.05) is 0 Å². The molecular weight excluding hydrogens is 329 g/mol. The maximum atomic E-state index is 13.3. The molecule has 0 radical (unpaired) electrons. The molecule has 0 amide bonds. The van der Waals surface area contributed by atoms with Crippen LogP contribution in [0.4, 0.5) is 13.2 Å². The first kappa shape index (κ1) is 15.4. The van der Waals surface area contributed by atoms with Crippen molar-refractivity contribution < 1.29 is 17.6 Å². The van der Waals surface area contributed by atoms with Crippen LogP contribution in [0.2, 0.25) is 0 Å². The van der Waals surface area contributed by atoms with Gasteiger partial charge in [0.25, 0.3) is 0 Å². The third kappa shape index (κ3) is 2.58. The van der Waals surface area contributed by atoms with Crippen LogP contribution in [0, 0.1) is 0 Å². The highest BCUT2D eigenvalue weighted by molar-refractivity contribution is 6.04. The van der Waals surface area contributed by atoms with Gasteiger partial charge in [-0.1, -0.05) is 48.5 Å². The molecule has 0 atom stereocenters. The fourth-order valence-corrected chi connectivity index (χ4v) is 2.96. The molecule has 0 saturated carbocycles. The van der Waals surface area contributed by atoms with Gasteiger partial charge < -0.3 is 4.42 Å². The molecule has 1 aromatic heterocycles. The molecule has 0 unspecified atom stereocenters. The fourth-order valence-electron chi connectivity index (χ4n) is 2.96. The molecular formula is C20H11F3O2. The van der Waals surface area contributed by atoms with Gasteiger partial charge in [-0.05, 0) is 17.5 Å². The summed E-state index contributed by atoms with van der Waals surface area (Å²) in [5.74, 6) is -0.0956. The first-order valence-electron chi connectivity index (χ1n) is 7.57. The van der Waals surface area contributed by atoms with Crippen LogP contribution in [0.3, 0.4) is 0 Å². The molecule has 0 fully saturated rings. The zero-order chi connectivity index (χ0) is 17.6. The van der Waals surface area contributed by atoms with Crippen LogP contribution in [0.1, 0.15) is 5.56 Å². The first-order valence-corrected chi connectivity index (χ1v) is 7.57. The average molecular weight is 340 g/mol. The summed E-state index contributed by atoms with van der Waals surface area (Å²) in [5.41, 5.74) is -1.07. The van der Waals surface area contributed by atoms with E-state index in [9.17, 15) is 18.0 Å². The van der Waals surface area contributed by atoms with Crippen molar-refractivity contribution in [3.63, 3.8) is 0 Å². The van der Waals surface area contributed by atoms with Gasteiger partial charge in [-0.3, -0.25) is 4.79 Å². The Balaban J connectivity index is 2.08. The van der Waals surface area contributed by atoms with Crippen LogP contribution < -0.4 is 5.43 Å². The minimum atomic E-state index is -4.54. The Hall–Kier alpha value is -3.08. The summed E-state index contributed by atoms with van der Waals surface area (Å²) in [6.45, 7) is 0. The summed E-state index contributed by atoms with van der Waals surface area (Å²) in [4.78, 5) is 12.4. The largest absolute Gasteiger partial charge is 0.455 e. The molecule has 2 nitrogen and oxygen atoms in total. The molecule has 0 aliphatic carbocycles. The predicted molar refractivity (Wildman–Crippen MR) is 90.4 cm³/mol. The summed E-state index contributed by atoms with van der Waals surface area (Å²) in [6, 6.07) is 16.9. The molecule has 0 bridgehead atoms. The second-order valence-electron chi connectivity index (χ2n) is 5.68. The number of hydrogen-bond donors (Lipinski definition) is 0. The topological polar surface area (TPSA) is 30.2 Å². The van der Waals surface area contributed by atoms with E-state index in [1.54, 1.807) is 24.3 Å². The van der Waals surface area contributed by atoms with E-state index in [1.165, 1.54) is 18.2 Å². The summed E-state index contributed by atoms with van der Waals surface area (Å²) >= 11 is 0. The highest BCUT2D eigenvalue weighted by atomic mass is 19.4. The molecule has 4 aromatic rings. The standard InChI is InChI=1S/C20H11F3O2/c21-20(22,23)16-8-4-3-7-14(16)18-11-17(24)15-10-9-12-5-1-2-6-13(12)19(15)25-18/h1-11H. The van der Waals surface area contributed by atoms with Crippen molar-refractivity contribution in [2.24, 2.45) is 0 Å². The third-order valence-electron chi connectivity index (χ3n) is 4.12. The summed E-state index contributed by atoms with van der Waals surface area (Å²) in [6.07, 6.45) is -4.54. The van der Waals surface area contributed by atoms with Gasteiger partial charge in [0, 0.05) is 17.0 Å². The Labute approximate surface area is 140 Å². The lowest BCUT2D eigenvalue weighted by Crippen LogP contribution is -2.08. The van der Waals surface area contributed by atoms with E-state index in [1.807, 2.05) is 12.1 Å². The molecule has 3 aromatic carbocycles. The van der Waals surface area contributed by atoms with E-state index in [-0.39, 0.29) is 22.3 Å². The molecule has 0 N–H and O–H groups in total. The lowest BCUT2D eigenvalue weighted by molar-refractivity contribution is -0.137. The van der Waals surface area contributed by atoms with Crippen molar-refractivity contribution >= 4 is 21.7 Å². The van der Waals surface area contributed by atoms with Gasteiger partial charge >= 0.3 is 6.18 Å². The Morgan fingerprint density at radius 3 is 2.32 bits per heavy atom. The third-order valence-corrected chi connectivity index (χ3v) is 4.12. The SMILES string of the molecule is O=c1cc(-c2ccccc2C(F)(F)F)oc2c1ccc1ccccc12. The van der Waals surface area contributed by atoms with Crippen LogP contribution >= 0.6 is 0 Å². The van der Waals surface area contributed by atoms with E-state index < -0.39 is 11.7 Å². The predicted octanol–water partition coefficient (Wildman–Crippen LogP) is 5.63. The summed E-state index contributed by atoms with van der Waals surface area (Å²) in [5, 5.41) is 1.87. The maximum Gasteiger partial charge on any atom is 0.417 e. The van der Waals surface area contributed by atoms with E-state index in [2.05, 4.69) is 0 Å². The summed E-state index contributed by atoms with van der Waals surface area (Å²) in [7, 11) is 0. The molecule has 0 aliphatic heterocycles. The molecule has 1 heterocycles. The van der Waals surface area contributed by atoms with Gasteiger partial charge in [-0.15, -0.1) is 0 Å². The van der Waals surface area contributed by atoms with Crippen LogP contribution in [0.5, 0.6) is 0 Å². The van der Waals surface area contributed by atoms with Crippen LogP contribution in [-0.2, 0) is 6.18 Å². The van der Waals surface area contributed by atoms with E-state index >= 15 is 0 Å². The Kier molecular flexibility index (Phi) is 3.39. The molecule has 0 spiro atoms. The van der Waals surface area contributed by atoms with Gasteiger partial charge in [0.15, 0.2) is 5.43 Å². The van der Waals surface area contributed by atoms with Crippen LogP contribution in [0.25, 0.3) is 33.1 Å². The van der Waals surface area contributed by atoms with Gasteiger partial charge in [-0.2, -0.15) is 13.2 Å². The number of hydrogen-bond acceptors (Lipinski definition) is 2. The lowest BCUT2D eigenvalue weighted by atomic mass is 10.0. The highest BCUT2D eigenvalue weighted by Crippen LogP contribution is 2.37. The lowest BCUT2D eigenvalue weighted by Gasteiger charge is -2.12. The smallest absolute Gasteiger partial charge is 0.417 e. The second-order valence-corrected chi connectivity index (χ2v) is 5.68. The maximum absolute atomic E-state index is 13.3. The zero-order valence-electron chi connectivity index (χ0n) is 12.8. The van der Waals surface area contributed by atoms with Crippen molar-refractivity contribution in [3.8, 4) is 11.3 Å². The van der Waals surface area contributed by atoms with Crippen molar-refractivity contribution in [1.29, 1.82) is 0 Å². The number of alkyl halides is 3. The molecule has 25 heavy (non-hydrogen) atoms.